The average Bonchev–Trinajstić information content (AvgIpc) is 4.02. The SMILES string of the molecule is CC1(C)CCC(CN2CCN(c3ccc(C(=O)NS(=O)(=O)c4ccc(NC[C@H]5CC[C@](C)(O)CC5)c([N+](=O)[O-])c4)c(Oc4cnc5[nH]ccc5c4)c3)CC2)=C(c2cc(C#Cc3ccc(F)cc3)cs2)C1. The van der Waals surface area contributed by atoms with E-state index in [1.807, 2.05) is 6.07 Å². The molecule has 1 amide bonds. The Hall–Kier alpha value is -6.58. The number of aliphatic hydroxyl groups is 1. The van der Waals surface area contributed by atoms with E-state index in [-0.39, 0.29) is 34.2 Å². The second-order valence-corrected chi connectivity index (χ2v) is 22.3. The van der Waals surface area contributed by atoms with Crippen LogP contribution in [0.3, 0.4) is 0 Å². The number of nitrogens with one attached hydrogen (secondary N) is 3. The summed E-state index contributed by atoms with van der Waals surface area (Å²) in [6.07, 6.45) is 9.11. The first-order chi connectivity index (χ1) is 33.5. The van der Waals surface area contributed by atoms with Crippen LogP contribution in [0.25, 0.3) is 16.6 Å². The smallest absolute Gasteiger partial charge is 0.293 e. The minimum atomic E-state index is -4.60. The van der Waals surface area contributed by atoms with Gasteiger partial charge in [0.15, 0.2) is 0 Å². The normalized spacial score (nSPS) is 19.6. The van der Waals surface area contributed by atoms with Crippen molar-refractivity contribution in [1.29, 1.82) is 0 Å². The fourth-order valence-electron chi connectivity index (χ4n) is 9.49. The van der Waals surface area contributed by atoms with E-state index in [4.69, 9.17) is 4.74 Å². The molecule has 3 aliphatic rings. The number of benzene rings is 3. The Morgan fingerprint density at radius 1 is 0.986 bits per heavy atom. The molecule has 1 aliphatic heterocycles. The van der Waals surface area contributed by atoms with Gasteiger partial charge in [-0.25, -0.2) is 22.5 Å². The Morgan fingerprint density at radius 3 is 2.50 bits per heavy atom. The third-order valence-corrected chi connectivity index (χ3v) is 16.0. The molecule has 0 atom stereocenters. The fourth-order valence-corrected chi connectivity index (χ4v) is 11.4. The Bertz CT molecular complexity index is 3130. The van der Waals surface area contributed by atoms with Gasteiger partial charge in [0.25, 0.3) is 21.6 Å². The molecule has 1 saturated heterocycles. The van der Waals surface area contributed by atoms with Gasteiger partial charge < -0.3 is 25.0 Å². The number of H-pyrrole nitrogens is 1. The molecule has 70 heavy (non-hydrogen) atoms. The number of allylic oxidation sites excluding steroid dienone is 1. The van der Waals surface area contributed by atoms with Gasteiger partial charge in [-0.1, -0.05) is 31.3 Å². The van der Waals surface area contributed by atoms with E-state index in [0.29, 0.717) is 43.9 Å². The van der Waals surface area contributed by atoms with Crippen LogP contribution >= 0.6 is 11.3 Å². The summed E-state index contributed by atoms with van der Waals surface area (Å²) >= 11 is 1.71. The largest absolute Gasteiger partial charge is 0.455 e. The summed E-state index contributed by atoms with van der Waals surface area (Å²) < 4.78 is 49.4. The molecule has 4 N–H and O–H groups in total. The summed E-state index contributed by atoms with van der Waals surface area (Å²) in [5.41, 5.74) is 5.08. The highest BCUT2D eigenvalue weighted by atomic mass is 32.2. The van der Waals surface area contributed by atoms with E-state index < -0.39 is 37.0 Å². The van der Waals surface area contributed by atoms with E-state index in [0.717, 1.165) is 80.0 Å². The van der Waals surface area contributed by atoms with Crippen LogP contribution in [-0.2, 0) is 10.0 Å². The lowest BCUT2D eigenvalue weighted by Gasteiger charge is -2.39. The van der Waals surface area contributed by atoms with Gasteiger partial charge >= 0.3 is 0 Å². The topological polar surface area (TPSA) is 183 Å². The molecule has 364 valence electrons. The van der Waals surface area contributed by atoms with Crippen LogP contribution < -0.4 is 19.7 Å². The van der Waals surface area contributed by atoms with Crippen LogP contribution in [0.2, 0.25) is 0 Å². The minimum Gasteiger partial charge on any atom is -0.455 e. The van der Waals surface area contributed by atoms with Crippen LogP contribution in [0.5, 0.6) is 11.5 Å². The number of halogens is 1. The van der Waals surface area contributed by atoms with Crippen molar-refractivity contribution in [3.05, 3.63) is 140 Å². The third-order valence-electron chi connectivity index (χ3n) is 13.7. The molecule has 17 heteroatoms. The maximum atomic E-state index is 14.0. The number of carbonyl (C=O) groups excluding carboxylic acids is 1. The molecule has 3 aromatic carbocycles. The van der Waals surface area contributed by atoms with Crippen molar-refractivity contribution in [2.75, 3.05) is 49.5 Å². The Morgan fingerprint density at radius 2 is 1.74 bits per heavy atom. The molecule has 0 unspecified atom stereocenters. The summed E-state index contributed by atoms with van der Waals surface area (Å²) in [5, 5.41) is 28.5. The van der Waals surface area contributed by atoms with Gasteiger partial charge in [0, 0.05) is 90.1 Å². The molecular formula is C53H56FN7O7S2. The molecule has 4 heterocycles. The number of aromatic nitrogens is 2. The van der Waals surface area contributed by atoms with Crippen molar-refractivity contribution in [1.82, 2.24) is 19.6 Å². The third kappa shape index (κ3) is 11.5. The van der Waals surface area contributed by atoms with Crippen LogP contribution in [0, 0.1) is 39.1 Å². The van der Waals surface area contributed by atoms with E-state index in [2.05, 4.69) is 66.9 Å². The first kappa shape index (κ1) is 48.4. The molecule has 0 spiro atoms. The monoisotopic (exact) mass is 985 g/mol. The van der Waals surface area contributed by atoms with Crippen molar-refractivity contribution in [2.45, 2.75) is 76.2 Å². The number of fused-ring (bicyclic) bond motifs is 1. The van der Waals surface area contributed by atoms with Crippen molar-refractivity contribution in [3.63, 3.8) is 0 Å². The fraction of sp³-hybridized carbons (Fsp3) is 0.358. The molecule has 2 aliphatic carbocycles. The first-order valence-electron chi connectivity index (χ1n) is 23.6. The molecular weight excluding hydrogens is 930 g/mol. The maximum absolute atomic E-state index is 14.0. The van der Waals surface area contributed by atoms with Crippen molar-refractivity contribution in [2.24, 2.45) is 11.3 Å². The summed E-state index contributed by atoms with van der Waals surface area (Å²) in [6, 6.07) is 20.5. The van der Waals surface area contributed by atoms with Crippen LogP contribution in [0.15, 0.2) is 107 Å². The van der Waals surface area contributed by atoms with Gasteiger partial charge in [-0.05, 0) is 136 Å². The quantitative estimate of drug-likeness (QED) is 0.0491. The lowest BCUT2D eigenvalue weighted by atomic mass is 9.73. The van der Waals surface area contributed by atoms with Gasteiger partial charge in [-0.2, -0.15) is 0 Å². The van der Waals surface area contributed by atoms with E-state index in [1.165, 1.54) is 52.6 Å². The number of ether oxygens (including phenoxy) is 1. The number of hydrogen-bond acceptors (Lipinski definition) is 12. The molecule has 1 saturated carbocycles. The first-order valence-corrected chi connectivity index (χ1v) is 25.9. The summed E-state index contributed by atoms with van der Waals surface area (Å²) in [6.45, 7) is 10.7. The number of anilines is 2. The minimum absolute atomic E-state index is 0.0581. The molecule has 0 radical (unpaired) electrons. The predicted molar refractivity (Wildman–Crippen MR) is 271 cm³/mol. The number of sulfonamides is 1. The number of pyridine rings is 1. The van der Waals surface area contributed by atoms with E-state index >= 15 is 0 Å². The highest BCUT2D eigenvalue weighted by molar-refractivity contribution is 7.90. The number of nitro groups is 1. The van der Waals surface area contributed by atoms with Crippen molar-refractivity contribution < 1.29 is 32.4 Å². The van der Waals surface area contributed by atoms with Gasteiger partial charge in [-0.15, -0.1) is 11.3 Å². The summed E-state index contributed by atoms with van der Waals surface area (Å²) in [4.78, 5) is 38.5. The number of piperazine rings is 1. The molecule has 0 bridgehead atoms. The van der Waals surface area contributed by atoms with Crippen molar-refractivity contribution in [3.8, 4) is 23.3 Å². The van der Waals surface area contributed by atoms with Gasteiger partial charge in [0.2, 0.25) is 0 Å². The molecule has 6 aromatic rings. The number of amides is 1. The highest BCUT2D eigenvalue weighted by Gasteiger charge is 2.32. The zero-order valence-electron chi connectivity index (χ0n) is 39.4. The van der Waals surface area contributed by atoms with Gasteiger partial charge in [0.05, 0.1) is 27.2 Å². The number of hydrogen-bond donors (Lipinski definition) is 4. The zero-order chi connectivity index (χ0) is 49.2. The average molecular weight is 986 g/mol. The highest BCUT2D eigenvalue weighted by Crippen LogP contribution is 2.45. The summed E-state index contributed by atoms with van der Waals surface area (Å²) in [7, 11) is -4.60. The maximum Gasteiger partial charge on any atom is 0.293 e. The Labute approximate surface area is 411 Å². The molecule has 2 fully saturated rings. The Kier molecular flexibility index (Phi) is 13.9. The number of thiophene rings is 1. The van der Waals surface area contributed by atoms with Gasteiger partial charge in [-0.3, -0.25) is 19.8 Å². The number of aromatic amines is 1. The Balaban J connectivity index is 0.906. The summed E-state index contributed by atoms with van der Waals surface area (Å²) in [5.74, 6) is 5.79. The van der Waals surface area contributed by atoms with Crippen LogP contribution in [0.4, 0.5) is 21.5 Å². The van der Waals surface area contributed by atoms with E-state index in [9.17, 15) is 32.8 Å². The number of rotatable bonds is 13. The lowest BCUT2D eigenvalue weighted by molar-refractivity contribution is -0.384. The molecule has 14 nitrogen and oxygen atoms in total. The van der Waals surface area contributed by atoms with Crippen LogP contribution in [0.1, 0.15) is 92.1 Å². The molecule has 3 aromatic heterocycles. The number of nitro benzene ring substituents is 1. The van der Waals surface area contributed by atoms with Gasteiger partial charge in [0.1, 0.15) is 28.7 Å². The predicted octanol–water partition coefficient (Wildman–Crippen LogP) is 10.1. The van der Waals surface area contributed by atoms with E-state index in [1.54, 1.807) is 54.8 Å². The zero-order valence-corrected chi connectivity index (χ0v) is 41.0. The van der Waals surface area contributed by atoms with Crippen LogP contribution in [-0.4, -0.2) is 84.1 Å². The second-order valence-electron chi connectivity index (χ2n) is 19.7. The second kappa shape index (κ2) is 20.0. The lowest BCUT2D eigenvalue weighted by Crippen LogP contribution is -2.47. The standard InChI is InChI=1S/C53H56FN7O7S2/c1-52(2)18-16-39(45(30-52)49-26-37(34-69-49)5-4-35-6-8-40(54)9-7-35)33-59-22-24-60(25-23-59)41-10-12-44(48(28-41)68-42-27-38-17-21-55-50(38)57-32-42)51(62)58-70(66,67)43-11-13-46(47(29-43)61(64)65)56-31-36-14-19-53(3,63)20-15-36/h6-13,17,21,26-29,32,34,36,56,63H,14-16,18-20,22-25,30-31,33H2,1-3H3,(H,55,57)(H,58,62)/t36-,53-. The molecule has 9 rings (SSSR count). The number of carbonyl (C=O) groups is 1. The van der Waals surface area contributed by atoms with Crippen molar-refractivity contribution >= 4 is 60.9 Å². The number of nitrogens with zero attached hydrogens (tertiary/aromatic N) is 4.